The average Bonchev–Trinajstić information content (AvgIpc) is 2.64. The first-order chi connectivity index (χ1) is 7.83. The molecule has 2 heteroatoms. The van der Waals surface area contributed by atoms with Crippen molar-refractivity contribution in [2.75, 3.05) is 0 Å². The van der Waals surface area contributed by atoms with Crippen LogP contribution in [0.4, 0.5) is 0 Å². The maximum atomic E-state index is 12.2. The highest BCUT2D eigenvalue weighted by Crippen LogP contribution is 2.41. The Bertz CT molecular complexity index is 537. The molecule has 1 aromatic rings. The van der Waals surface area contributed by atoms with Gasteiger partial charge in [0.25, 0.3) is 0 Å². The van der Waals surface area contributed by atoms with Crippen LogP contribution in [0.1, 0.15) is 28.8 Å². The molecule has 0 spiro atoms. The number of fused-ring (bicyclic) bond motifs is 2. The molecule has 0 N–H and O–H groups in total. The molecule has 0 aliphatic heterocycles. The van der Waals surface area contributed by atoms with Gasteiger partial charge < -0.3 is 0 Å². The van der Waals surface area contributed by atoms with E-state index in [1.54, 1.807) is 0 Å². The number of ketones is 1. The van der Waals surface area contributed by atoms with Gasteiger partial charge in [-0.1, -0.05) is 42.6 Å². The molecule has 0 fully saturated rings. The van der Waals surface area contributed by atoms with E-state index in [0.29, 0.717) is 0 Å². The number of hydrogen-bond acceptors (Lipinski definition) is 1. The van der Waals surface area contributed by atoms with Crippen molar-refractivity contribution in [1.82, 2.24) is 0 Å². The molecule has 0 amide bonds. The van der Waals surface area contributed by atoms with Crippen LogP contribution < -0.4 is 0 Å². The Labute approximate surface area is 96.1 Å². The van der Waals surface area contributed by atoms with E-state index >= 15 is 0 Å². The van der Waals surface area contributed by atoms with E-state index in [9.17, 15) is 4.79 Å². The van der Waals surface area contributed by atoms with Crippen molar-refractivity contribution in [3.63, 3.8) is 0 Å². The molecule has 0 atom stereocenters. The summed E-state index contributed by atoms with van der Waals surface area (Å²) >= 11 is 0. The Balaban J connectivity index is 2.24. The van der Waals surface area contributed by atoms with Crippen molar-refractivity contribution in [3.05, 3.63) is 52.5 Å². The van der Waals surface area contributed by atoms with Crippen molar-refractivity contribution in [3.8, 4) is 0 Å². The monoisotopic (exact) mass is 208 g/mol. The van der Waals surface area contributed by atoms with E-state index in [2.05, 4.69) is 19.0 Å². The van der Waals surface area contributed by atoms with Crippen LogP contribution in [0.2, 0.25) is 6.82 Å². The number of benzene rings is 1. The molecule has 78 valence electrons. The van der Waals surface area contributed by atoms with Crippen molar-refractivity contribution < 1.29 is 4.79 Å². The number of carbonyl (C=O) groups is 1. The molecule has 1 aromatic carbocycles. The molecular weight excluding hydrogens is 195 g/mol. The van der Waals surface area contributed by atoms with Crippen LogP contribution in [0, 0.1) is 0 Å². The van der Waals surface area contributed by atoms with Crippen LogP contribution in [0.3, 0.4) is 0 Å². The predicted octanol–water partition coefficient (Wildman–Crippen LogP) is 2.80. The van der Waals surface area contributed by atoms with Crippen molar-refractivity contribution in [2.24, 2.45) is 0 Å². The Hall–Kier alpha value is -1.57. The summed E-state index contributed by atoms with van der Waals surface area (Å²) in [6.45, 7) is 2.16. The highest BCUT2D eigenvalue weighted by Gasteiger charge is 2.31. The van der Waals surface area contributed by atoms with Gasteiger partial charge in [-0.15, -0.1) is 0 Å². The minimum absolute atomic E-state index is 0.254. The first-order valence-corrected chi connectivity index (χ1v) is 5.89. The summed E-state index contributed by atoms with van der Waals surface area (Å²) < 4.78 is 0. The van der Waals surface area contributed by atoms with Gasteiger partial charge in [0.1, 0.15) is 0 Å². The maximum absolute atomic E-state index is 12.2. The maximum Gasteiger partial charge on any atom is 0.190 e. The van der Waals surface area contributed by atoms with Gasteiger partial charge >= 0.3 is 0 Å². The molecule has 0 radical (unpaired) electrons. The lowest BCUT2D eigenvalue weighted by Gasteiger charge is -2.14. The fourth-order valence-electron chi connectivity index (χ4n) is 2.76. The third-order valence-electron chi connectivity index (χ3n) is 3.50. The fourth-order valence-corrected chi connectivity index (χ4v) is 2.76. The van der Waals surface area contributed by atoms with E-state index in [4.69, 9.17) is 0 Å². The zero-order valence-electron chi connectivity index (χ0n) is 9.42. The molecule has 16 heavy (non-hydrogen) atoms. The Morgan fingerprint density at radius 1 is 1.19 bits per heavy atom. The largest absolute Gasteiger partial charge is 0.289 e. The van der Waals surface area contributed by atoms with Crippen molar-refractivity contribution in [2.45, 2.75) is 19.7 Å². The van der Waals surface area contributed by atoms with E-state index in [1.165, 1.54) is 11.0 Å². The van der Waals surface area contributed by atoms with Crippen LogP contribution in [0.5, 0.6) is 0 Å². The Morgan fingerprint density at radius 2 is 1.94 bits per heavy atom. The second kappa shape index (κ2) is 3.48. The van der Waals surface area contributed by atoms with E-state index in [0.717, 1.165) is 36.8 Å². The summed E-state index contributed by atoms with van der Waals surface area (Å²) in [5, 5.41) is 0. The third kappa shape index (κ3) is 1.16. The molecule has 0 aromatic heterocycles. The normalized spacial score (nSPS) is 18.1. The van der Waals surface area contributed by atoms with Gasteiger partial charge in [-0.05, 0) is 24.0 Å². The molecule has 0 heterocycles. The SMILES string of the molecule is CBC1=CCCC2=C1c1ccccc1C2=O. The van der Waals surface area contributed by atoms with Crippen LogP contribution >= 0.6 is 0 Å². The first kappa shape index (κ1) is 9.65. The predicted molar refractivity (Wildman–Crippen MR) is 68.0 cm³/mol. The quantitative estimate of drug-likeness (QED) is 0.648. The molecule has 0 bridgehead atoms. The molecule has 0 saturated carbocycles. The summed E-state index contributed by atoms with van der Waals surface area (Å²) in [6.07, 6.45) is 4.21. The Kier molecular flexibility index (Phi) is 2.10. The number of hydrogen-bond donors (Lipinski definition) is 0. The lowest BCUT2D eigenvalue weighted by atomic mass is 9.65. The number of Topliss-reactive ketones (excluding diaryl/α,β-unsaturated/α-hetero) is 1. The van der Waals surface area contributed by atoms with Crippen LogP contribution in [0.15, 0.2) is 41.4 Å². The third-order valence-corrected chi connectivity index (χ3v) is 3.50. The standard InChI is InChI=1S/C14H13BO/c1-15-12-8-4-7-11-13(12)9-5-2-3-6-10(9)14(11)16/h2-3,5-6,8,15H,4,7H2,1H3. The molecule has 3 rings (SSSR count). The van der Waals surface area contributed by atoms with Crippen molar-refractivity contribution >= 4 is 18.6 Å². The lowest BCUT2D eigenvalue weighted by molar-refractivity contribution is 0.103. The highest BCUT2D eigenvalue weighted by molar-refractivity contribution is 6.50. The van der Waals surface area contributed by atoms with Gasteiger partial charge in [0.2, 0.25) is 0 Å². The second-order valence-electron chi connectivity index (χ2n) is 4.35. The summed E-state index contributed by atoms with van der Waals surface area (Å²) in [6, 6.07) is 7.99. The summed E-state index contributed by atoms with van der Waals surface area (Å²) in [4.78, 5) is 12.2. The molecule has 0 saturated heterocycles. The molecular formula is C14H13BO. The molecule has 2 aliphatic rings. The number of rotatable bonds is 1. The van der Waals surface area contributed by atoms with Crippen molar-refractivity contribution in [1.29, 1.82) is 0 Å². The molecule has 2 aliphatic carbocycles. The number of carbonyl (C=O) groups excluding carboxylic acids is 1. The summed E-state index contributed by atoms with van der Waals surface area (Å²) in [5.74, 6) is 0.254. The van der Waals surface area contributed by atoms with Gasteiger partial charge in [0.15, 0.2) is 13.1 Å². The smallest absolute Gasteiger partial charge is 0.190 e. The van der Waals surface area contributed by atoms with Crippen LogP contribution in [0.25, 0.3) is 5.57 Å². The van der Waals surface area contributed by atoms with Crippen LogP contribution in [-0.2, 0) is 0 Å². The van der Waals surface area contributed by atoms with Gasteiger partial charge in [-0.2, -0.15) is 0 Å². The summed E-state index contributed by atoms with van der Waals surface area (Å²) in [7, 11) is 1.01. The van der Waals surface area contributed by atoms with Gasteiger partial charge in [-0.25, -0.2) is 0 Å². The van der Waals surface area contributed by atoms with Gasteiger partial charge in [0, 0.05) is 11.1 Å². The zero-order valence-corrected chi connectivity index (χ0v) is 9.42. The first-order valence-electron chi connectivity index (χ1n) is 5.89. The second-order valence-corrected chi connectivity index (χ2v) is 4.35. The zero-order chi connectivity index (χ0) is 11.1. The minimum Gasteiger partial charge on any atom is -0.289 e. The topological polar surface area (TPSA) is 17.1 Å². The van der Waals surface area contributed by atoms with E-state index in [-0.39, 0.29) is 5.78 Å². The minimum atomic E-state index is 0.254. The highest BCUT2D eigenvalue weighted by atomic mass is 16.1. The van der Waals surface area contributed by atoms with E-state index < -0.39 is 0 Å². The molecule has 0 unspecified atom stereocenters. The number of allylic oxidation sites excluding steroid dienone is 4. The average molecular weight is 208 g/mol. The lowest BCUT2D eigenvalue weighted by Crippen LogP contribution is -2.04. The summed E-state index contributed by atoms with van der Waals surface area (Å²) in [5.41, 5.74) is 5.67. The van der Waals surface area contributed by atoms with E-state index in [1.807, 2.05) is 18.2 Å². The van der Waals surface area contributed by atoms with Crippen LogP contribution in [-0.4, -0.2) is 13.1 Å². The molecule has 1 nitrogen and oxygen atoms in total. The Morgan fingerprint density at radius 3 is 2.69 bits per heavy atom. The van der Waals surface area contributed by atoms with Gasteiger partial charge in [-0.3, -0.25) is 4.79 Å². The fraction of sp³-hybridized carbons (Fsp3) is 0.214. The van der Waals surface area contributed by atoms with Gasteiger partial charge in [0.05, 0.1) is 0 Å².